The van der Waals surface area contributed by atoms with Gasteiger partial charge in [0.1, 0.15) is 18.9 Å². The highest BCUT2D eigenvalue weighted by Crippen LogP contribution is 2.18. The minimum atomic E-state index is -0.0955. The van der Waals surface area contributed by atoms with E-state index in [0.717, 1.165) is 28.3 Å². The number of amides is 1. The monoisotopic (exact) mass is 364 g/mol. The van der Waals surface area contributed by atoms with Gasteiger partial charge in [0.15, 0.2) is 0 Å². The maximum absolute atomic E-state index is 12.3. The fourth-order valence-electron chi connectivity index (χ4n) is 2.84. The van der Waals surface area contributed by atoms with E-state index in [1.54, 1.807) is 17.1 Å². The first-order chi connectivity index (χ1) is 13.0. The maximum atomic E-state index is 12.3. The molecule has 0 bridgehead atoms. The summed E-state index contributed by atoms with van der Waals surface area (Å²) in [6, 6.07) is 13.5. The summed E-state index contributed by atoms with van der Waals surface area (Å²) >= 11 is 0. The molecule has 0 aliphatic heterocycles. The Morgan fingerprint density at radius 2 is 2.00 bits per heavy atom. The summed E-state index contributed by atoms with van der Waals surface area (Å²) in [5.41, 5.74) is 3.93. The van der Waals surface area contributed by atoms with Crippen LogP contribution in [-0.4, -0.2) is 20.7 Å². The largest absolute Gasteiger partial charge is 0.489 e. The summed E-state index contributed by atoms with van der Waals surface area (Å²) in [6.07, 6.45) is 3.53. The van der Waals surface area contributed by atoms with Crippen molar-refractivity contribution in [3.8, 4) is 5.75 Å². The van der Waals surface area contributed by atoms with E-state index < -0.39 is 0 Å². The van der Waals surface area contributed by atoms with Crippen molar-refractivity contribution in [1.29, 1.82) is 0 Å². The molecule has 1 N–H and O–H groups in total. The standard InChI is InChI=1S/C21H24N4O2/c1-15-11-16(2)25(24-15)13-21(26)23-17(3)19-6-8-20(9-7-19)27-14-18-5-4-10-22-12-18/h4-12,17H,13-14H2,1-3H3,(H,23,26)/t17-/m1/s1. The molecule has 0 radical (unpaired) electrons. The number of rotatable bonds is 7. The van der Waals surface area contributed by atoms with Gasteiger partial charge in [-0.25, -0.2) is 0 Å². The van der Waals surface area contributed by atoms with Gasteiger partial charge in [-0.2, -0.15) is 5.10 Å². The van der Waals surface area contributed by atoms with Gasteiger partial charge >= 0.3 is 0 Å². The van der Waals surface area contributed by atoms with E-state index in [9.17, 15) is 4.79 Å². The van der Waals surface area contributed by atoms with Crippen molar-refractivity contribution >= 4 is 5.91 Å². The van der Waals surface area contributed by atoms with Crippen molar-refractivity contribution in [2.75, 3.05) is 0 Å². The number of aromatic nitrogens is 3. The fourth-order valence-corrected chi connectivity index (χ4v) is 2.84. The molecule has 140 valence electrons. The zero-order chi connectivity index (χ0) is 19.2. The quantitative estimate of drug-likeness (QED) is 0.698. The highest BCUT2D eigenvalue weighted by Gasteiger charge is 2.12. The number of hydrogen-bond donors (Lipinski definition) is 1. The molecule has 0 aliphatic carbocycles. The van der Waals surface area contributed by atoms with Crippen molar-refractivity contribution in [2.24, 2.45) is 0 Å². The van der Waals surface area contributed by atoms with E-state index in [-0.39, 0.29) is 18.5 Å². The Morgan fingerprint density at radius 1 is 1.22 bits per heavy atom. The molecule has 6 nitrogen and oxygen atoms in total. The molecule has 0 saturated carbocycles. The van der Waals surface area contributed by atoms with E-state index in [1.807, 2.05) is 63.2 Å². The highest BCUT2D eigenvalue weighted by molar-refractivity contribution is 5.76. The van der Waals surface area contributed by atoms with E-state index in [1.165, 1.54) is 0 Å². The molecule has 0 fully saturated rings. The van der Waals surface area contributed by atoms with Crippen molar-refractivity contribution in [2.45, 2.75) is 40.0 Å². The Hall–Kier alpha value is -3.15. The fraction of sp³-hybridized carbons (Fsp3) is 0.286. The third-order valence-corrected chi connectivity index (χ3v) is 4.28. The predicted octanol–water partition coefficient (Wildman–Crippen LogP) is 3.35. The van der Waals surface area contributed by atoms with Gasteiger partial charge in [0.05, 0.1) is 11.7 Å². The molecule has 6 heteroatoms. The lowest BCUT2D eigenvalue weighted by molar-refractivity contribution is -0.122. The van der Waals surface area contributed by atoms with Crippen LogP contribution in [0, 0.1) is 13.8 Å². The van der Waals surface area contributed by atoms with E-state index in [0.29, 0.717) is 6.61 Å². The van der Waals surface area contributed by atoms with Gasteiger partial charge in [-0.3, -0.25) is 14.5 Å². The Bertz CT molecular complexity index is 888. The number of hydrogen-bond acceptors (Lipinski definition) is 4. The predicted molar refractivity (Wildman–Crippen MR) is 103 cm³/mol. The number of ether oxygens (including phenoxy) is 1. The van der Waals surface area contributed by atoms with Gasteiger partial charge < -0.3 is 10.1 Å². The molecule has 0 unspecified atom stereocenters. The van der Waals surface area contributed by atoms with Crippen LogP contribution in [0.1, 0.15) is 35.5 Å². The summed E-state index contributed by atoms with van der Waals surface area (Å²) in [4.78, 5) is 16.4. The lowest BCUT2D eigenvalue weighted by Gasteiger charge is -2.15. The highest BCUT2D eigenvalue weighted by atomic mass is 16.5. The number of nitrogens with zero attached hydrogens (tertiary/aromatic N) is 3. The Labute approximate surface area is 159 Å². The van der Waals surface area contributed by atoms with Crippen molar-refractivity contribution in [3.05, 3.63) is 77.4 Å². The van der Waals surface area contributed by atoms with E-state index in [4.69, 9.17) is 4.74 Å². The second kappa shape index (κ2) is 8.49. The van der Waals surface area contributed by atoms with Crippen molar-refractivity contribution in [3.63, 3.8) is 0 Å². The first kappa shape index (κ1) is 18.6. The minimum absolute atomic E-state index is 0.0643. The number of benzene rings is 1. The molecule has 0 spiro atoms. The molecule has 3 aromatic rings. The summed E-state index contributed by atoms with van der Waals surface area (Å²) in [6.45, 7) is 6.52. The molecule has 3 rings (SSSR count). The van der Waals surface area contributed by atoms with Gasteiger partial charge in [-0.1, -0.05) is 18.2 Å². The van der Waals surface area contributed by atoms with E-state index >= 15 is 0 Å². The summed E-state index contributed by atoms with van der Waals surface area (Å²) in [5.74, 6) is 0.717. The average Bonchev–Trinajstić information content (AvgIpc) is 2.98. The molecular formula is C21H24N4O2. The van der Waals surface area contributed by atoms with Gasteiger partial charge in [0.25, 0.3) is 0 Å². The van der Waals surface area contributed by atoms with Gasteiger partial charge in [0.2, 0.25) is 5.91 Å². The Balaban J connectivity index is 1.53. The van der Waals surface area contributed by atoms with Crippen LogP contribution in [0.25, 0.3) is 0 Å². The molecule has 2 aromatic heterocycles. The lowest BCUT2D eigenvalue weighted by Crippen LogP contribution is -2.30. The van der Waals surface area contributed by atoms with Crippen molar-refractivity contribution < 1.29 is 9.53 Å². The third kappa shape index (κ3) is 5.17. The first-order valence-electron chi connectivity index (χ1n) is 8.93. The van der Waals surface area contributed by atoms with Gasteiger partial charge in [-0.05, 0) is 50.6 Å². The third-order valence-electron chi connectivity index (χ3n) is 4.28. The zero-order valence-electron chi connectivity index (χ0n) is 15.8. The molecule has 2 heterocycles. The number of nitrogens with one attached hydrogen (secondary N) is 1. The number of carbonyl (C=O) groups is 1. The lowest BCUT2D eigenvalue weighted by atomic mass is 10.1. The van der Waals surface area contributed by atoms with Crippen LogP contribution in [-0.2, 0) is 17.9 Å². The zero-order valence-corrected chi connectivity index (χ0v) is 15.8. The van der Waals surface area contributed by atoms with Crippen LogP contribution in [0.2, 0.25) is 0 Å². The van der Waals surface area contributed by atoms with Gasteiger partial charge in [-0.15, -0.1) is 0 Å². The Kier molecular flexibility index (Phi) is 5.86. The number of aryl methyl sites for hydroxylation is 2. The molecule has 1 amide bonds. The number of pyridine rings is 1. The molecule has 0 aliphatic rings. The average molecular weight is 364 g/mol. The summed E-state index contributed by atoms with van der Waals surface area (Å²) in [7, 11) is 0. The molecule has 1 aromatic carbocycles. The van der Waals surface area contributed by atoms with E-state index in [2.05, 4.69) is 15.4 Å². The minimum Gasteiger partial charge on any atom is -0.489 e. The molecule has 27 heavy (non-hydrogen) atoms. The maximum Gasteiger partial charge on any atom is 0.242 e. The van der Waals surface area contributed by atoms with Crippen LogP contribution in [0.4, 0.5) is 0 Å². The smallest absolute Gasteiger partial charge is 0.242 e. The van der Waals surface area contributed by atoms with Crippen LogP contribution in [0.15, 0.2) is 54.9 Å². The molecule has 0 saturated heterocycles. The van der Waals surface area contributed by atoms with Crippen LogP contribution >= 0.6 is 0 Å². The second-order valence-corrected chi connectivity index (χ2v) is 6.59. The Morgan fingerprint density at radius 3 is 2.63 bits per heavy atom. The summed E-state index contributed by atoms with van der Waals surface area (Å²) < 4.78 is 7.48. The summed E-state index contributed by atoms with van der Waals surface area (Å²) in [5, 5.41) is 7.33. The topological polar surface area (TPSA) is 69.0 Å². The van der Waals surface area contributed by atoms with Gasteiger partial charge in [0, 0.05) is 23.7 Å². The van der Waals surface area contributed by atoms with Crippen LogP contribution < -0.4 is 10.1 Å². The molecule has 1 atom stereocenters. The van der Waals surface area contributed by atoms with Crippen LogP contribution in [0.5, 0.6) is 5.75 Å². The number of carbonyl (C=O) groups excluding carboxylic acids is 1. The normalized spacial score (nSPS) is 11.8. The molecular weight excluding hydrogens is 340 g/mol. The first-order valence-corrected chi connectivity index (χ1v) is 8.93. The SMILES string of the molecule is Cc1cc(C)n(CC(=O)N[C@H](C)c2ccc(OCc3cccnc3)cc2)n1. The van der Waals surface area contributed by atoms with Crippen LogP contribution in [0.3, 0.4) is 0 Å². The second-order valence-electron chi connectivity index (χ2n) is 6.59. The van der Waals surface area contributed by atoms with Crippen molar-refractivity contribution in [1.82, 2.24) is 20.1 Å².